The molecule has 66 valence electrons. The Hall–Kier alpha value is -1.62. The van der Waals surface area contributed by atoms with Gasteiger partial charge in [-0.25, -0.2) is 0 Å². The van der Waals surface area contributed by atoms with Gasteiger partial charge in [-0.2, -0.15) is 0 Å². The first-order valence-corrected chi connectivity index (χ1v) is 4.08. The lowest BCUT2D eigenvalue weighted by molar-refractivity contribution is 0.219. The van der Waals surface area contributed by atoms with Gasteiger partial charge in [0, 0.05) is 0 Å². The highest BCUT2D eigenvalue weighted by Crippen LogP contribution is 1.89. The molecule has 1 N–H and O–H groups in total. The third kappa shape index (κ3) is 8.28. The maximum absolute atomic E-state index is 9.09. The van der Waals surface area contributed by atoms with Crippen molar-refractivity contribution in [2.75, 3.05) is 0 Å². The molecule has 0 radical (unpaired) electrons. The maximum Gasteiger partial charge on any atom is 0.0727 e. The van der Waals surface area contributed by atoms with Crippen LogP contribution in [0.2, 0.25) is 0 Å². The summed E-state index contributed by atoms with van der Waals surface area (Å²) in [6, 6.07) is 0. The molecule has 0 spiro atoms. The molecule has 0 amide bonds. The van der Waals surface area contributed by atoms with Crippen molar-refractivity contribution < 1.29 is 5.11 Å². The number of rotatable bonds is 2. The Balaban J connectivity index is 3.93. The molecule has 1 unspecified atom stereocenters. The molecule has 1 nitrogen and oxygen atoms in total. The highest BCUT2D eigenvalue weighted by molar-refractivity contribution is 5.37. The van der Waals surface area contributed by atoms with Crippen LogP contribution in [0.15, 0.2) is 12.2 Å². The van der Waals surface area contributed by atoms with Crippen LogP contribution in [0.5, 0.6) is 0 Å². The molecule has 13 heavy (non-hydrogen) atoms. The molecule has 0 bridgehead atoms. The molecule has 0 saturated heterocycles. The van der Waals surface area contributed by atoms with Crippen molar-refractivity contribution in [1.29, 1.82) is 0 Å². The van der Waals surface area contributed by atoms with Gasteiger partial charge < -0.3 is 5.11 Å². The molecular weight excluding hydrogens is 160 g/mol. The van der Waals surface area contributed by atoms with Crippen molar-refractivity contribution in [2.24, 2.45) is 0 Å². The molecule has 0 aliphatic rings. The van der Waals surface area contributed by atoms with E-state index in [2.05, 4.69) is 35.5 Å². The highest BCUT2D eigenvalue weighted by Gasteiger charge is 1.88. The predicted molar refractivity (Wildman–Crippen MR) is 54.4 cm³/mol. The average molecular weight is 172 g/mol. The maximum atomic E-state index is 9.09. The third-order valence-electron chi connectivity index (χ3n) is 1.20. The lowest BCUT2D eigenvalue weighted by Gasteiger charge is -1.95. The zero-order chi connectivity index (χ0) is 9.94. The van der Waals surface area contributed by atoms with E-state index >= 15 is 0 Å². The minimum absolute atomic E-state index is 0.405. The number of aliphatic hydroxyl groups excluding tert-OH is 1. The molecule has 0 aromatic heterocycles. The fourth-order valence-corrected chi connectivity index (χ4v) is 0.498. The molecular formula is C12H12O. The van der Waals surface area contributed by atoms with Crippen molar-refractivity contribution in [2.45, 2.75) is 26.4 Å². The van der Waals surface area contributed by atoms with Crippen molar-refractivity contribution in [3.05, 3.63) is 12.2 Å². The molecule has 0 rings (SSSR count). The minimum atomic E-state index is -0.405. The molecule has 0 heterocycles. The molecule has 1 atom stereocenters. The van der Waals surface area contributed by atoms with E-state index in [9.17, 15) is 0 Å². The van der Waals surface area contributed by atoms with Crippen LogP contribution < -0.4 is 0 Å². The van der Waals surface area contributed by atoms with Gasteiger partial charge >= 0.3 is 0 Å². The Morgan fingerprint density at radius 2 is 1.92 bits per heavy atom. The second-order valence-corrected chi connectivity index (χ2v) is 2.23. The van der Waals surface area contributed by atoms with Crippen LogP contribution in [0.25, 0.3) is 0 Å². The van der Waals surface area contributed by atoms with Crippen LogP contribution in [0, 0.1) is 35.5 Å². The topological polar surface area (TPSA) is 20.2 Å². The van der Waals surface area contributed by atoms with Gasteiger partial charge in [-0.3, -0.25) is 0 Å². The van der Waals surface area contributed by atoms with Crippen LogP contribution in [0.4, 0.5) is 0 Å². The summed E-state index contributed by atoms with van der Waals surface area (Å²) in [5, 5.41) is 9.09. The Morgan fingerprint density at radius 1 is 1.23 bits per heavy atom. The normalized spacial score (nSPS) is 10.1. The first kappa shape index (κ1) is 11.4. The fourth-order valence-electron chi connectivity index (χ4n) is 0.498. The summed E-state index contributed by atoms with van der Waals surface area (Å²) in [7, 11) is 0. The van der Waals surface area contributed by atoms with Gasteiger partial charge in [0.25, 0.3) is 0 Å². The van der Waals surface area contributed by atoms with E-state index in [1.807, 2.05) is 6.92 Å². The van der Waals surface area contributed by atoms with Crippen LogP contribution in [-0.2, 0) is 0 Å². The first-order valence-electron chi connectivity index (χ1n) is 4.08. The molecule has 0 fully saturated rings. The standard InChI is InChI=1S/C12H12O/c1-3-5-6-7-8-9-10-11-12(13)4-2/h10-13H,4H2,1-2H3. The Morgan fingerprint density at radius 3 is 2.54 bits per heavy atom. The summed E-state index contributed by atoms with van der Waals surface area (Å²) in [6.07, 6.45) is 3.53. The molecule has 1 heteroatoms. The summed E-state index contributed by atoms with van der Waals surface area (Å²) < 4.78 is 0. The highest BCUT2D eigenvalue weighted by atomic mass is 16.3. The number of hydrogen-bond donors (Lipinski definition) is 1. The molecule has 0 saturated carbocycles. The number of aliphatic hydroxyl groups is 1. The summed E-state index contributed by atoms with van der Waals surface area (Å²) >= 11 is 0. The van der Waals surface area contributed by atoms with Gasteiger partial charge in [0.2, 0.25) is 0 Å². The molecule has 0 aromatic rings. The van der Waals surface area contributed by atoms with E-state index in [0.29, 0.717) is 6.42 Å². The van der Waals surface area contributed by atoms with Crippen molar-refractivity contribution in [3.63, 3.8) is 0 Å². The smallest absolute Gasteiger partial charge is 0.0727 e. The van der Waals surface area contributed by atoms with Gasteiger partial charge in [0.1, 0.15) is 0 Å². The van der Waals surface area contributed by atoms with Crippen LogP contribution in [-0.4, -0.2) is 11.2 Å². The van der Waals surface area contributed by atoms with Gasteiger partial charge in [-0.15, -0.1) is 0 Å². The Bertz CT molecular complexity index is 331. The van der Waals surface area contributed by atoms with Gasteiger partial charge in [0.15, 0.2) is 0 Å². The van der Waals surface area contributed by atoms with E-state index < -0.39 is 6.10 Å². The SMILES string of the molecule is CC#CC#CC#CC=CC(O)CC. The fraction of sp³-hybridized carbons (Fsp3) is 0.333. The molecule has 0 aliphatic carbocycles. The third-order valence-corrected chi connectivity index (χ3v) is 1.20. The number of hydrogen-bond acceptors (Lipinski definition) is 1. The molecule has 0 aliphatic heterocycles. The lowest BCUT2D eigenvalue weighted by atomic mass is 10.2. The van der Waals surface area contributed by atoms with E-state index in [4.69, 9.17) is 5.11 Å². The van der Waals surface area contributed by atoms with Crippen LogP contribution in [0.1, 0.15) is 20.3 Å². The van der Waals surface area contributed by atoms with E-state index in [-0.39, 0.29) is 0 Å². The van der Waals surface area contributed by atoms with E-state index in [0.717, 1.165) is 0 Å². The van der Waals surface area contributed by atoms with Crippen molar-refractivity contribution in [3.8, 4) is 35.5 Å². The summed E-state index contributed by atoms with van der Waals surface area (Å²) in [6.45, 7) is 3.62. The monoisotopic (exact) mass is 172 g/mol. The predicted octanol–water partition coefficient (Wildman–Crippen LogP) is 1.34. The second kappa shape index (κ2) is 8.48. The van der Waals surface area contributed by atoms with E-state index in [1.54, 1.807) is 19.1 Å². The van der Waals surface area contributed by atoms with Gasteiger partial charge in [-0.1, -0.05) is 18.8 Å². The van der Waals surface area contributed by atoms with Crippen molar-refractivity contribution >= 4 is 0 Å². The molecule has 0 aromatic carbocycles. The zero-order valence-corrected chi connectivity index (χ0v) is 7.89. The summed E-state index contributed by atoms with van der Waals surface area (Å²) in [5.41, 5.74) is 0. The summed E-state index contributed by atoms with van der Waals surface area (Å²) in [5.74, 6) is 15.6. The number of allylic oxidation sites excluding steroid dienone is 1. The average Bonchev–Trinajstić information content (AvgIpc) is 2.16. The van der Waals surface area contributed by atoms with Gasteiger partial charge in [-0.05, 0) is 49.2 Å². The quantitative estimate of drug-likeness (QED) is 0.623. The van der Waals surface area contributed by atoms with Crippen LogP contribution >= 0.6 is 0 Å². The minimum Gasteiger partial charge on any atom is -0.389 e. The van der Waals surface area contributed by atoms with Crippen LogP contribution in [0.3, 0.4) is 0 Å². The van der Waals surface area contributed by atoms with Gasteiger partial charge in [0.05, 0.1) is 6.10 Å². The lowest BCUT2D eigenvalue weighted by Crippen LogP contribution is -1.97. The van der Waals surface area contributed by atoms with E-state index in [1.165, 1.54) is 0 Å². The Labute approximate surface area is 79.9 Å². The first-order chi connectivity index (χ1) is 6.31. The second-order valence-electron chi connectivity index (χ2n) is 2.23. The zero-order valence-electron chi connectivity index (χ0n) is 7.89. The van der Waals surface area contributed by atoms with Crippen molar-refractivity contribution in [1.82, 2.24) is 0 Å². The Kier molecular flexibility index (Phi) is 7.42. The summed E-state index contributed by atoms with van der Waals surface area (Å²) in [4.78, 5) is 0. The largest absolute Gasteiger partial charge is 0.389 e.